The van der Waals surface area contributed by atoms with Crippen LogP contribution in [0.1, 0.15) is 17.2 Å². The summed E-state index contributed by atoms with van der Waals surface area (Å²) in [6, 6.07) is 3.58. The summed E-state index contributed by atoms with van der Waals surface area (Å²) in [7, 11) is 1.75. The molecule has 1 aliphatic heterocycles. The van der Waals surface area contributed by atoms with Crippen molar-refractivity contribution in [3.8, 4) is 5.75 Å². The van der Waals surface area contributed by atoms with E-state index in [1.165, 1.54) is 6.07 Å². The molecule has 2 nitrogen and oxygen atoms in total. The van der Waals surface area contributed by atoms with Gasteiger partial charge in [0.15, 0.2) is 0 Å². The average molecular weight is 217 g/mol. The first-order valence-electron chi connectivity index (χ1n) is 4.53. The van der Waals surface area contributed by atoms with Gasteiger partial charge in [-0.15, -0.1) is 0 Å². The Morgan fingerprint density at radius 3 is 2.73 bits per heavy atom. The third-order valence-corrected chi connectivity index (χ3v) is 2.47. The lowest BCUT2D eigenvalue weighted by molar-refractivity contribution is -0.137. The molecule has 0 aliphatic carbocycles. The molecule has 0 spiro atoms. The lowest BCUT2D eigenvalue weighted by Crippen LogP contribution is -2.17. The molecule has 82 valence electrons. The number of hydrogen-bond acceptors (Lipinski definition) is 2. The minimum absolute atomic E-state index is 0.0118. The summed E-state index contributed by atoms with van der Waals surface area (Å²) >= 11 is 0. The molecule has 1 aliphatic rings. The van der Waals surface area contributed by atoms with Crippen molar-refractivity contribution >= 4 is 0 Å². The zero-order chi connectivity index (χ0) is 11.1. The van der Waals surface area contributed by atoms with Crippen molar-refractivity contribution in [1.29, 1.82) is 0 Å². The predicted octanol–water partition coefficient (Wildman–Crippen LogP) is 2.36. The summed E-state index contributed by atoms with van der Waals surface area (Å²) in [4.78, 5) is 0. The number of fused-ring (bicyclic) bond motifs is 1. The SMILES string of the molecule is CNC1COc2cc(C(F)(F)F)ccc21. The van der Waals surface area contributed by atoms with Crippen LogP contribution < -0.4 is 10.1 Å². The van der Waals surface area contributed by atoms with E-state index in [1.807, 2.05) is 0 Å². The van der Waals surface area contributed by atoms with Crippen molar-refractivity contribution in [1.82, 2.24) is 5.32 Å². The smallest absolute Gasteiger partial charge is 0.416 e. The summed E-state index contributed by atoms with van der Waals surface area (Å²) < 4.78 is 42.3. The predicted molar refractivity (Wildman–Crippen MR) is 48.7 cm³/mol. The maximum atomic E-state index is 12.4. The monoisotopic (exact) mass is 217 g/mol. The molecule has 5 heteroatoms. The number of likely N-dealkylation sites (N-methyl/N-ethyl adjacent to an activating group) is 1. The average Bonchev–Trinajstić information content (AvgIpc) is 2.58. The lowest BCUT2D eigenvalue weighted by atomic mass is 10.1. The molecular weight excluding hydrogens is 207 g/mol. The van der Waals surface area contributed by atoms with Crippen molar-refractivity contribution in [2.24, 2.45) is 0 Å². The first-order valence-corrected chi connectivity index (χ1v) is 4.53. The van der Waals surface area contributed by atoms with Crippen LogP contribution in [0.4, 0.5) is 13.2 Å². The minimum Gasteiger partial charge on any atom is -0.491 e. The van der Waals surface area contributed by atoms with Crippen LogP contribution in [-0.2, 0) is 6.18 Å². The quantitative estimate of drug-likeness (QED) is 0.779. The van der Waals surface area contributed by atoms with Gasteiger partial charge in [-0.3, -0.25) is 0 Å². The zero-order valence-electron chi connectivity index (χ0n) is 8.06. The fraction of sp³-hybridized carbons (Fsp3) is 0.400. The molecule has 0 radical (unpaired) electrons. The molecule has 1 unspecified atom stereocenters. The summed E-state index contributed by atoms with van der Waals surface area (Å²) in [5, 5.41) is 2.97. The Balaban J connectivity index is 2.37. The number of ether oxygens (including phenoxy) is 1. The number of nitrogens with one attached hydrogen (secondary N) is 1. The van der Waals surface area contributed by atoms with Crippen LogP contribution in [0, 0.1) is 0 Å². The van der Waals surface area contributed by atoms with Crippen molar-refractivity contribution in [3.63, 3.8) is 0 Å². The van der Waals surface area contributed by atoms with E-state index in [0.717, 1.165) is 17.7 Å². The van der Waals surface area contributed by atoms with Gasteiger partial charge in [-0.25, -0.2) is 0 Å². The highest BCUT2D eigenvalue weighted by Gasteiger charge is 2.33. The van der Waals surface area contributed by atoms with E-state index in [2.05, 4.69) is 5.32 Å². The van der Waals surface area contributed by atoms with Crippen LogP contribution in [-0.4, -0.2) is 13.7 Å². The number of benzene rings is 1. The van der Waals surface area contributed by atoms with Gasteiger partial charge in [-0.2, -0.15) is 13.2 Å². The van der Waals surface area contributed by atoms with E-state index >= 15 is 0 Å². The highest BCUT2D eigenvalue weighted by molar-refractivity contribution is 5.43. The van der Waals surface area contributed by atoms with Gasteiger partial charge in [0.2, 0.25) is 0 Å². The first kappa shape index (κ1) is 10.3. The third kappa shape index (κ3) is 1.79. The van der Waals surface area contributed by atoms with Gasteiger partial charge in [0.25, 0.3) is 0 Å². The van der Waals surface area contributed by atoms with E-state index in [4.69, 9.17) is 4.74 Å². The van der Waals surface area contributed by atoms with Crippen molar-refractivity contribution in [2.45, 2.75) is 12.2 Å². The Hall–Kier alpha value is -1.23. The standard InChI is InChI=1S/C10H10F3NO/c1-14-8-5-15-9-4-6(10(11,12)13)2-3-7(8)9/h2-4,8,14H,5H2,1H3. The largest absolute Gasteiger partial charge is 0.491 e. The molecule has 0 amide bonds. The molecule has 1 N–H and O–H groups in total. The fourth-order valence-electron chi connectivity index (χ4n) is 1.63. The van der Waals surface area contributed by atoms with Crippen molar-refractivity contribution in [2.75, 3.05) is 13.7 Å². The summed E-state index contributed by atoms with van der Waals surface area (Å²) in [5.41, 5.74) is 0.114. The maximum absolute atomic E-state index is 12.4. The molecule has 0 saturated heterocycles. The van der Waals surface area contributed by atoms with Gasteiger partial charge < -0.3 is 10.1 Å². The molecule has 1 atom stereocenters. The van der Waals surface area contributed by atoms with Crippen molar-refractivity contribution in [3.05, 3.63) is 29.3 Å². The molecular formula is C10H10F3NO. The number of halogens is 3. The van der Waals surface area contributed by atoms with Gasteiger partial charge in [0.05, 0.1) is 11.6 Å². The Kier molecular flexibility index (Phi) is 2.34. The van der Waals surface area contributed by atoms with Gasteiger partial charge in [-0.05, 0) is 19.2 Å². The lowest BCUT2D eigenvalue weighted by Gasteiger charge is -2.09. The molecule has 1 aromatic rings. The van der Waals surface area contributed by atoms with E-state index in [9.17, 15) is 13.2 Å². The van der Waals surface area contributed by atoms with Gasteiger partial charge >= 0.3 is 6.18 Å². The van der Waals surface area contributed by atoms with Crippen LogP contribution >= 0.6 is 0 Å². The van der Waals surface area contributed by atoms with Crippen LogP contribution in [0.2, 0.25) is 0 Å². The fourth-order valence-corrected chi connectivity index (χ4v) is 1.63. The number of rotatable bonds is 1. The molecule has 1 heterocycles. The second-order valence-corrected chi connectivity index (χ2v) is 3.40. The second-order valence-electron chi connectivity index (χ2n) is 3.40. The molecule has 2 rings (SSSR count). The van der Waals surface area contributed by atoms with E-state index in [1.54, 1.807) is 7.05 Å². The number of hydrogen-bond donors (Lipinski definition) is 1. The van der Waals surface area contributed by atoms with Crippen LogP contribution in [0.3, 0.4) is 0 Å². The number of alkyl halides is 3. The Bertz CT molecular complexity index is 375. The topological polar surface area (TPSA) is 21.3 Å². The maximum Gasteiger partial charge on any atom is 0.416 e. The Morgan fingerprint density at radius 2 is 2.13 bits per heavy atom. The molecule has 0 saturated carbocycles. The van der Waals surface area contributed by atoms with E-state index in [-0.39, 0.29) is 6.04 Å². The third-order valence-electron chi connectivity index (χ3n) is 2.47. The molecule has 1 aromatic carbocycles. The van der Waals surface area contributed by atoms with Gasteiger partial charge in [0, 0.05) is 5.56 Å². The van der Waals surface area contributed by atoms with Gasteiger partial charge in [-0.1, -0.05) is 6.07 Å². The molecule has 15 heavy (non-hydrogen) atoms. The Morgan fingerprint density at radius 1 is 1.40 bits per heavy atom. The molecule has 0 bridgehead atoms. The van der Waals surface area contributed by atoms with E-state index in [0.29, 0.717) is 12.4 Å². The highest BCUT2D eigenvalue weighted by atomic mass is 19.4. The molecule has 0 fully saturated rings. The second kappa shape index (κ2) is 3.41. The van der Waals surface area contributed by atoms with Gasteiger partial charge in [0.1, 0.15) is 12.4 Å². The summed E-state index contributed by atoms with van der Waals surface area (Å²) in [5.74, 6) is 0.323. The van der Waals surface area contributed by atoms with Crippen LogP contribution in [0.25, 0.3) is 0 Å². The zero-order valence-corrected chi connectivity index (χ0v) is 8.06. The van der Waals surface area contributed by atoms with Crippen molar-refractivity contribution < 1.29 is 17.9 Å². The molecule has 0 aromatic heterocycles. The minimum atomic E-state index is -4.31. The van der Waals surface area contributed by atoms with Crippen LogP contribution in [0.5, 0.6) is 5.75 Å². The highest BCUT2D eigenvalue weighted by Crippen LogP contribution is 2.37. The Labute approximate surface area is 85.0 Å². The summed E-state index contributed by atoms with van der Waals surface area (Å²) in [6.45, 7) is 0.382. The normalized spacial score (nSPS) is 19.9. The first-order chi connectivity index (χ1) is 7.02. The van der Waals surface area contributed by atoms with Crippen LogP contribution in [0.15, 0.2) is 18.2 Å². The summed E-state index contributed by atoms with van der Waals surface area (Å²) in [6.07, 6.45) is -4.31. The van der Waals surface area contributed by atoms with E-state index < -0.39 is 11.7 Å².